The third kappa shape index (κ3) is 3.82. The Balaban J connectivity index is 1.36. The Bertz CT molecular complexity index is 1380. The maximum Gasteiger partial charge on any atom is 0.333 e. The number of aromatic amines is 1. The molecule has 2 fully saturated rings. The topological polar surface area (TPSA) is 112 Å². The molecule has 1 N–H and O–H groups in total. The van der Waals surface area contributed by atoms with E-state index in [9.17, 15) is 18.8 Å². The first-order chi connectivity index (χ1) is 15.4. The Morgan fingerprint density at radius 1 is 1.25 bits per heavy atom. The van der Waals surface area contributed by atoms with Gasteiger partial charge < -0.3 is 9.72 Å². The molecular formula is C22H20FN5O4. The van der Waals surface area contributed by atoms with Gasteiger partial charge in [0.25, 0.3) is 5.56 Å². The van der Waals surface area contributed by atoms with E-state index >= 15 is 0 Å². The van der Waals surface area contributed by atoms with Gasteiger partial charge in [-0.25, -0.2) is 14.8 Å². The van der Waals surface area contributed by atoms with E-state index in [-0.39, 0.29) is 46.8 Å². The van der Waals surface area contributed by atoms with Gasteiger partial charge in [-0.15, -0.1) is 0 Å². The molecule has 1 unspecified atom stereocenters. The van der Waals surface area contributed by atoms with E-state index in [0.717, 1.165) is 37.9 Å². The van der Waals surface area contributed by atoms with Crippen LogP contribution in [0, 0.1) is 23.7 Å². The first-order valence-corrected chi connectivity index (χ1v) is 10.5. The van der Waals surface area contributed by atoms with Crippen LogP contribution >= 0.6 is 0 Å². The predicted octanol–water partition coefficient (Wildman–Crippen LogP) is 2.07. The van der Waals surface area contributed by atoms with E-state index < -0.39 is 17.8 Å². The first-order valence-electron chi connectivity index (χ1n) is 10.5. The molecule has 0 amide bonds. The second-order valence-corrected chi connectivity index (χ2v) is 8.22. The van der Waals surface area contributed by atoms with Gasteiger partial charge in [0.15, 0.2) is 17.0 Å². The summed E-state index contributed by atoms with van der Waals surface area (Å²) >= 11 is 0. The molecule has 2 aliphatic carbocycles. The van der Waals surface area contributed by atoms with Gasteiger partial charge in [0.1, 0.15) is 5.75 Å². The summed E-state index contributed by atoms with van der Waals surface area (Å²) in [4.78, 5) is 48.7. The molecule has 32 heavy (non-hydrogen) atoms. The van der Waals surface area contributed by atoms with E-state index in [2.05, 4.69) is 26.8 Å². The van der Waals surface area contributed by atoms with Crippen molar-refractivity contribution in [2.45, 2.75) is 51.1 Å². The fraction of sp³-hybridized carbons (Fsp3) is 0.409. The number of carbonyl (C=O) groups is 1. The van der Waals surface area contributed by atoms with E-state index in [0.29, 0.717) is 5.65 Å². The van der Waals surface area contributed by atoms with Gasteiger partial charge in [-0.2, -0.15) is 4.39 Å². The largest absolute Gasteiger partial charge is 0.425 e. The zero-order chi connectivity index (χ0) is 22.4. The van der Waals surface area contributed by atoms with Crippen LogP contribution in [-0.2, 0) is 4.79 Å². The number of ether oxygens (including phenoxy) is 1. The normalized spacial score (nSPS) is 16.4. The molecule has 3 aromatic rings. The molecule has 2 saturated carbocycles. The number of rotatable bonds is 5. The van der Waals surface area contributed by atoms with E-state index in [1.54, 1.807) is 11.5 Å². The SMILES string of the molecule is CC(CC#Cc1nc2c([nH]1)c(=O)n(C1CC1)c(=O)n2C1CC1)C(=O)Oc1ccc(F)nc1. The summed E-state index contributed by atoms with van der Waals surface area (Å²) in [5.74, 6) is 4.40. The summed E-state index contributed by atoms with van der Waals surface area (Å²) in [6.07, 6.45) is 4.74. The standard InChI is InChI=1S/C22H20FN5O4/c1-12(21(30)32-15-9-10-16(23)24-11-15)3-2-4-17-25-18-19(26-17)27(13-5-6-13)22(31)28(20(18)29)14-7-8-14/h9-14H,3,5-8H2,1H3,(H,25,26). The van der Waals surface area contributed by atoms with Crippen LogP contribution in [0.4, 0.5) is 4.39 Å². The molecule has 0 spiro atoms. The van der Waals surface area contributed by atoms with Gasteiger partial charge in [-0.3, -0.25) is 18.7 Å². The summed E-state index contributed by atoms with van der Waals surface area (Å²) < 4.78 is 20.9. The van der Waals surface area contributed by atoms with E-state index in [1.165, 1.54) is 10.6 Å². The molecule has 0 saturated heterocycles. The maximum atomic E-state index is 12.9. The first kappa shape index (κ1) is 20.2. The van der Waals surface area contributed by atoms with E-state index in [4.69, 9.17) is 4.74 Å². The number of esters is 1. The zero-order valence-corrected chi connectivity index (χ0v) is 17.3. The second kappa shape index (κ2) is 7.75. The van der Waals surface area contributed by atoms with Crippen molar-refractivity contribution in [1.29, 1.82) is 0 Å². The number of carbonyl (C=O) groups excluding carboxylic acids is 1. The summed E-state index contributed by atoms with van der Waals surface area (Å²) in [5, 5.41) is 0. The maximum absolute atomic E-state index is 12.9. The Morgan fingerprint density at radius 2 is 1.97 bits per heavy atom. The fourth-order valence-electron chi connectivity index (χ4n) is 3.49. The summed E-state index contributed by atoms with van der Waals surface area (Å²) in [6, 6.07) is 2.45. The van der Waals surface area contributed by atoms with Crippen molar-refractivity contribution >= 4 is 17.1 Å². The number of halogens is 1. The molecule has 0 aromatic carbocycles. The zero-order valence-electron chi connectivity index (χ0n) is 17.3. The molecule has 9 nitrogen and oxygen atoms in total. The number of hydrogen-bond acceptors (Lipinski definition) is 6. The van der Waals surface area contributed by atoms with Crippen LogP contribution in [0.15, 0.2) is 27.9 Å². The van der Waals surface area contributed by atoms with Gasteiger partial charge in [-0.05, 0) is 43.7 Å². The van der Waals surface area contributed by atoms with Crippen molar-refractivity contribution in [2.24, 2.45) is 5.92 Å². The minimum absolute atomic E-state index is 0.0367. The monoisotopic (exact) mass is 437 g/mol. The lowest BCUT2D eigenvalue weighted by atomic mass is 10.1. The summed E-state index contributed by atoms with van der Waals surface area (Å²) in [7, 11) is 0. The van der Waals surface area contributed by atoms with E-state index in [1.807, 2.05) is 0 Å². The van der Waals surface area contributed by atoms with Gasteiger partial charge in [0.2, 0.25) is 5.95 Å². The van der Waals surface area contributed by atoms with Crippen molar-refractivity contribution in [2.75, 3.05) is 0 Å². The minimum atomic E-state index is -0.662. The molecule has 3 heterocycles. The van der Waals surface area contributed by atoms with Crippen molar-refractivity contribution in [1.82, 2.24) is 24.1 Å². The van der Waals surface area contributed by atoms with Gasteiger partial charge in [0.05, 0.1) is 12.1 Å². The van der Waals surface area contributed by atoms with Gasteiger partial charge in [0, 0.05) is 18.5 Å². The van der Waals surface area contributed by atoms with Crippen LogP contribution in [0.5, 0.6) is 5.75 Å². The molecule has 1 atom stereocenters. The lowest BCUT2D eigenvalue weighted by molar-refractivity contribution is -0.138. The summed E-state index contributed by atoms with van der Waals surface area (Å²) in [6.45, 7) is 1.66. The highest BCUT2D eigenvalue weighted by Gasteiger charge is 2.34. The van der Waals surface area contributed by atoms with Gasteiger partial charge >= 0.3 is 11.7 Å². The quantitative estimate of drug-likeness (QED) is 0.372. The average molecular weight is 437 g/mol. The van der Waals surface area contributed by atoms with Crippen molar-refractivity contribution in [3.8, 4) is 17.6 Å². The van der Waals surface area contributed by atoms with Crippen LogP contribution in [0.3, 0.4) is 0 Å². The highest BCUT2D eigenvalue weighted by Crippen LogP contribution is 2.36. The molecule has 3 aromatic heterocycles. The number of hydrogen-bond donors (Lipinski definition) is 1. The Labute approximate surface area is 181 Å². The predicted molar refractivity (Wildman–Crippen MR) is 112 cm³/mol. The highest BCUT2D eigenvalue weighted by atomic mass is 19.1. The molecule has 5 rings (SSSR count). The number of fused-ring (bicyclic) bond motifs is 1. The van der Waals surface area contributed by atoms with Crippen LogP contribution in [-0.4, -0.2) is 30.1 Å². The Morgan fingerprint density at radius 3 is 2.62 bits per heavy atom. The van der Waals surface area contributed by atoms with Crippen LogP contribution < -0.4 is 16.0 Å². The lowest BCUT2D eigenvalue weighted by Crippen LogP contribution is -2.39. The smallest absolute Gasteiger partial charge is 0.333 e. The number of aromatic nitrogens is 5. The molecule has 10 heteroatoms. The van der Waals surface area contributed by atoms with Crippen LogP contribution in [0.1, 0.15) is 56.9 Å². The average Bonchev–Trinajstić information content (AvgIpc) is 3.69. The highest BCUT2D eigenvalue weighted by molar-refractivity contribution is 5.75. The third-order valence-electron chi connectivity index (χ3n) is 5.52. The fourth-order valence-corrected chi connectivity index (χ4v) is 3.49. The van der Waals surface area contributed by atoms with Crippen molar-refractivity contribution < 1.29 is 13.9 Å². The molecule has 164 valence electrons. The number of nitrogens with one attached hydrogen (secondary N) is 1. The number of pyridine rings is 1. The second-order valence-electron chi connectivity index (χ2n) is 8.22. The molecule has 0 aliphatic heterocycles. The summed E-state index contributed by atoms with van der Waals surface area (Å²) in [5.41, 5.74) is -0.0519. The molecule has 0 radical (unpaired) electrons. The van der Waals surface area contributed by atoms with Gasteiger partial charge in [-0.1, -0.05) is 12.8 Å². The number of nitrogens with zero attached hydrogens (tertiary/aromatic N) is 4. The van der Waals surface area contributed by atoms with Crippen molar-refractivity contribution in [3.05, 3.63) is 50.9 Å². The Kier molecular flexibility index (Phi) is 4.89. The number of H-pyrrole nitrogens is 1. The molecular weight excluding hydrogens is 417 g/mol. The van der Waals surface area contributed by atoms with Crippen LogP contribution in [0.2, 0.25) is 0 Å². The third-order valence-corrected chi connectivity index (χ3v) is 5.52. The lowest BCUT2D eigenvalue weighted by Gasteiger charge is -2.09. The van der Waals surface area contributed by atoms with Crippen molar-refractivity contribution in [3.63, 3.8) is 0 Å². The number of imidazole rings is 1. The Hall–Kier alpha value is -3.74. The molecule has 0 bridgehead atoms. The minimum Gasteiger partial charge on any atom is -0.425 e. The van der Waals surface area contributed by atoms with Crippen LogP contribution in [0.25, 0.3) is 11.2 Å². The molecule has 2 aliphatic rings.